The summed E-state index contributed by atoms with van der Waals surface area (Å²) in [5, 5.41) is 5.36. The largest absolute Gasteiger partial charge is 0.444 e. The Hall–Kier alpha value is -2.16. The number of ether oxygens (including phenoxy) is 2. The van der Waals surface area contributed by atoms with Crippen molar-refractivity contribution in [3.63, 3.8) is 0 Å². The quantitative estimate of drug-likeness (QED) is 0.327. The van der Waals surface area contributed by atoms with Gasteiger partial charge in [-0.05, 0) is 80.6 Å². The van der Waals surface area contributed by atoms with Crippen LogP contribution in [-0.4, -0.2) is 54.1 Å². The summed E-state index contributed by atoms with van der Waals surface area (Å²) < 4.78 is 10.3. The van der Waals surface area contributed by atoms with Crippen LogP contribution in [0.3, 0.4) is 0 Å². The first-order chi connectivity index (χ1) is 15.1. The van der Waals surface area contributed by atoms with Crippen molar-refractivity contribution in [1.82, 2.24) is 10.6 Å². The maximum atomic E-state index is 12.5. The molecule has 2 atom stereocenters. The Kier molecular flexibility index (Phi) is 13.9. The number of hydrogen-bond donors (Lipinski definition) is 3. The third kappa shape index (κ3) is 18.0. The maximum Gasteiger partial charge on any atom is 0.407 e. The van der Waals surface area contributed by atoms with Gasteiger partial charge >= 0.3 is 12.2 Å². The molecular weight excluding hydrogens is 426 g/mol. The third-order valence-electron chi connectivity index (χ3n) is 4.69. The molecule has 0 aliphatic heterocycles. The number of unbranched alkanes of at least 4 members (excludes halogenated alkanes) is 2. The minimum atomic E-state index is -0.623. The Bertz CT molecular complexity index is 637. The second-order valence-electron chi connectivity index (χ2n) is 10.4. The van der Waals surface area contributed by atoms with Gasteiger partial charge in [0.15, 0.2) is 0 Å². The number of alkyl carbamates (subject to hydrolysis) is 2. The standard InChI is InChI=1S/C24H45N3O6/c1-17(28)18(12-8-10-14-26-21(30)32-23(2,3)4)16-20(29)19(25)13-9-11-15-27-22(31)33-24(5,6)7/h18-19H,8-16,25H2,1-7H3,(H,26,30)(H,27,31)/t18-,19+/m1/s1. The van der Waals surface area contributed by atoms with Crippen LogP contribution < -0.4 is 16.4 Å². The molecule has 0 heterocycles. The van der Waals surface area contributed by atoms with E-state index >= 15 is 0 Å². The van der Waals surface area contributed by atoms with Crippen molar-refractivity contribution in [2.45, 2.75) is 111 Å². The molecule has 4 N–H and O–H groups in total. The number of carbonyl (C=O) groups is 4. The van der Waals surface area contributed by atoms with Gasteiger partial charge in [-0.2, -0.15) is 0 Å². The Balaban J connectivity index is 4.14. The fourth-order valence-electron chi connectivity index (χ4n) is 3.02. The second-order valence-corrected chi connectivity index (χ2v) is 10.4. The van der Waals surface area contributed by atoms with E-state index in [2.05, 4.69) is 10.6 Å². The maximum absolute atomic E-state index is 12.5. The molecule has 0 aromatic rings. The van der Waals surface area contributed by atoms with E-state index < -0.39 is 29.4 Å². The van der Waals surface area contributed by atoms with E-state index in [9.17, 15) is 19.2 Å². The summed E-state index contributed by atoms with van der Waals surface area (Å²) in [6.07, 6.45) is 3.04. The van der Waals surface area contributed by atoms with Crippen LogP contribution in [0.2, 0.25) is 0 Å². The first kappa shape index (κ1) is 30.8. The lowest BCUT2D eigenvalue weighted by atomic mass is 9.89. The number of Topliss-reactive ketones (excluding diaryl/α,β-unsaturated/α-hetero) is 2. The molecule has 0 spiro atoms. The van der Waals surface area contributed by atoms with Gasteiger partial charge in [-0.15, -0.1) is 0 Å². The highest BCUT2D eigenvalue weighted by Crippen LogP contribution is 2.17. The zero-order valence-electron chi connectivity index (χ0n) is 21.5. The zero-order valence-corrected chi connectivity index (χ0v) is 21.5. The Morgan fingerprint density at radius 1 is 0.758 bits per heavy atom. The molecule has 0 unspecified atom stereocenters. The van der Waals surface area contributed by atoms with E-state index in [1.54, 1.807) is 41.5 Å². The molecule has 9 heteroatoms. The third-order valence-corrected chi connectivity index (χ3v) is 4.69. The summed E-state index contributed by atoms with van der Waals surface area (Å²) in [5.74, 6) is -0.515. The summed E-state index contributed by atoms with van der Waals surface area (Å²) in [6.45, 7) is 13.2. The summed E-state index contributed by atoms with van der Waals surface area (Å²) in [4.78, 5) is 47.6. The second kappa shape index (κ2) is 14.9. The molecule has 33 heavy (non-hydrogen) atoms. The molecule has 0 fully saturated rings. The molecule has 0 saturated carbocycles. The van der Waals surface area contributed by atoms with Crippen LogP contribution in [-0.2, 0) is 19.1 Å². The lowest BCUT2D eigenvalue weighted by Crippen LogP contribution is -2.34. The van der Waals surface area contributed by atoms with Gasteiger partial charge in [-0.25, -0.2) is 9.59 Å². The van der Waals surface area contributed by atoms with Gasteiger partial charge in [-0.1, -0.05) is 6.42 Å². The predicted octanol–water partition coefficient (Wildman–Crippen LogP) is 3.87. The Labute approximate surface area is 198 Å². The van der Waals surface area contributed by atoms with Crippen molar-refractivity contribution in [3.8, 4) is 0 Å². The Morgan fingerprint density at radius 2 is 1.18 bits per heavy atom. The molecule has 0 bridgehead atoms. The number of nitrogens with one attached hydrogen (secondary N) is 2. The minimum Gasteiger partial charge on any atom is -0.444 e. The van der Waals surface area contributed by atoms with Gasteiger partial charge in [0.05, 0.1) is 6.04 Å². The monoisotopic (exact) mass is 471 g/mol. The van der Waals surface area contributed by atoms with Crippen LogP contribution in [0.15, 0.2) is 0 Å². The van der Waals surface area contributed by atoms with Gasteiger partial charge in [0, 0.05) is 25.4 Å². The van der Waals surface area contributed by atoms with Crippen molar-refractivity contribution < 1.29 is 28.7 Å². The van der Waals surface area contributed by atoms with E-state index in [0.717, 1.165) is 0 Å². The molecule has 9 nitrogen and oxygen atoms in total. The number of hydrogen-bond acceptors (Lipinski definition) is 7. The van der Waals surface area contributed by atoms with E-state index in [0.29, 0.717) is 51.6 Å². The summed E-state index contributed by atoms with van der Waals surface area (Å²) in [5.41, 5.74) is 4.93. The molecule has 0 aromatic heterocycles. The SMILES string of the molecule is CC(=O)[C@H](CCCCNC(=O)OC(C)(C)C)CC(=O)[C@@H](N)CCCCNC(=O)OC(C)(C)C. The smallest absolute Gasteiger partial charge is 0.407 e. The highest BCUT2D eigenvalue weighted by atomic mass is 16.6. The van der Waals surface area contributed by atoms with Crippen LogP contribution in [0.25, 0.3) is 0 Å². The average Bonchev–Trinajstić information content (AvgIpc) is 2.63. The van der Waals surface area contributed by atoms with Crippen LogP contribution in [0, 0.1) is 5.92 Å². The van der Waals surface area contributed by atoms with Crippen molar-refractivity contribution in [3.05, 3.63) is 0 Å². The van der Waals surface area contributed by atoms with Crippen LogP contribution >= 0.6 is 0 Å². The van der Waals surface area contributed by atoms with E-state index in [1.165, 1.54) is 6.92 Å². The molecule has 192 valence electrons. The van der Waals surface area contributed by atoms with Crippen LogP contribution in [0.5, 0.6) is 0 Å². The molecule has 0 aliphatic carbocycles. The molecule has 2 amide bonds. The molecule has 0 aromatic carbocycles. The highest BCUT2D eigenvalue weighted by Gasteiger charge is 2.22. The van der Waals surface area contributed by atoms with Gasteiger partial charge in [0.1, 0.15) is 22.8 Å². The van der Waals surface area contributed by atoms with Crippen molar-refractivity contribution >= 4 is 23.8 Å². The van der Waals surface area contributed by atoms with Crippen molar-refractivity contribution in [2.24, 2.45) is 11.7 Å². The molecule has 0 saturated heterocycles. The first-order valence-electron chi connectivity index (χ1n) is 11.8. The van der Waals surface area contributed by atoms with Gasteiger partial charge < -0.3 is 25.8 Å². The van der Waals surface area contributed by atoms with Crippen molar-refractivity contribution in [1.29, 1.82) is 0 Å². The predicted molar refractivity (Wildman–Crippen MR) is 128 cm³/mol. The minimum absolute atomic E-state index is 0.0304. The summed E-state index contributed by atoms with van der Waals surface area (Å²) in [7, 11) is 0. The van der Waals surface area contributed by atoms with Gasteiger partial charge in [0.2, 0.25) is 0 Å². The Morgan fingerprint density at radius 3 is 1.58 bits per heavy atom. The number of carbonyl (C=O) groups excluding carboxylic acids is 4. The van der Waals surface area contributed by atoms with Crippen molar-refractivity contribution in [2.75, 3.05) is 13.1 Å². The van der Waals surface area contributed by atoms with E-state index in [4.69, 9.17) is 15.2 Å². The molecule has 0 aliphatic rings. The first-order valence-corrected chi connectivity index (χ1v) is 11.8. The van der Waals surface area contributed by atoms with E-state index in [-0.39, 0.29) is 23.9 Å². The van der Waals surface area contributed by atoms with Gasteiger partial charge in [0.25, 0.3) is 0 Å². The van der Waals surface area contributed by atoms with Crippen LogP contribution in [0.4, 0.5) is 9.59 Å². The lowest BCUT2D eigenvalue weighted by Gasteiger charge is -2.20. The fraction of sp³-hybridized carbons (Fsp3) is 0.833. The fourth-order valence-corrected chi connectivity index (χ4v) is 3.02. The number of ketones is 2. The number of amides is 2. The van der Waals surface area contributed by atoms with Gasteiger partial charge in [-0.3, -0.25) is 9.59 Å². The number of nitrogens with two attached hydrogens (primary N) is 1. The summed E-state index contributed by atoms with van der Waals surface area (Å²) >= 11 is 0. The lowest BCUT2D eigenvalue weighted by molar-refractivity contribution is -0.127. The van der Waals surface area contributed by atoms with E-state index in [1.807, 2.05) is 0 Å². The average molecular weight is 472 g/mol. The zero-order chi connectivity index (χ0) is 25.7. The molecular formula is C24H45N3O6. The number of rotatable bonds is 14. The topological polar surface area (TPSA) is 137 Å². The molecule has 0 radical (unpaired) electrons. The highest BCUT2D eigenvalue weighted by molar-refractivity contribution is 5.89. The summed E-state index contributed by atoms with van der Waals surface area (Å²) in [6, 6.07) is -0.623. The van der Waals surface area contributed by atoms with Crippen LogP contribution in [0.1, 0.15) is 93.4 Å². The normalized spacial score (nSPS) is 13.6. The molecule has 0 rings (SSSR count).